The van der Waals surface area contributed by atoms with E-state index in [0.717, 1.165) is 6.42 Å². The summed E-state index contributed by atoms with van der Waals surface area (Å²) in [6, 6.07) is 0. The number of rotatable bonds is 6. The van der Waals surface area contributed by atoms with Crippen molar-refractivity contribution in [3.8, 4) is 0 Å². The molecule has 0 aromatic carbocycles. The maximum Gasteiger partial charge on any atom is 0.345 e. The Morgan fingerprint density at radius 1 is 1.33 bits per heavy atom. The van der Waals surface area contributed by atoms with Crippen molar-refractivity contribution >= 4 is 0 Å². The molecule has 0 saturated carbocycles. The monoisotopic (exact) mass is 181 g/mol. The molecule has 1 atom stereocenters. The fourth-order valence-corrected chi connectivity index (χ4v) is 1.11. The number of alkyl halides is 2. The van der Waals surface area contributed by atoms with E-state index >= 15 is 0 Å². The first-order valence-corrected chi connectivity index (χ1v) is 4.16. The van der Waals surface area contributed by atoms with Crippen LogP contribution in [0.25, 0.3) is 0 Å². The third-order valence-electron chi connectivity index (χ3n) is 1.60. The highest BCUT2D eigenvalue weighted by molar-refractivity contribution is 4.60. The standard InChI is InChI=1S/C8H17F2NO/c1-6(2)3-7(4-11)5-12-8(9)10/h6-8H,3-5,11H2,1-2H3. The van der Waals surface area contributed by atoms with Crippen molar-refractivity contribution in [3.05, 3.63) is 0 Å². The number of hydrogen-bond acceptors (Lipinski definition) is 2. The third-order valence-corrected chi connectivity index (χ3v) is 1.60. The fraction of sp³-hybridized carbons (Fsp3) is 1.00. The highest BCUT2D eigenvalue weighted by atomic mass is 19.3. The van der Waals surface area contributed by atoms with Crippen molar-refractivity contribution in [1.29, 1.82) is 0 Å². The summed E-state index contributed by atoms with van der Waals surface area (Å²) >= 11 is 0. The first-order valence-electron chi connectivity index (χ1n) is 4.16. The molecule has 0 spiro atoms. The minimum absolute atomic E-state index is 0.0546. The van der Waals surface area contributed by atoms with Crippen LogP contribution < -0.4 is 5.73 Å². The smallest absolute Gasteiger partial charge is 0.330 e. The largest absolute Gasteiger partial charge is 0.345 e. The van der Waals surface area contributed by atoms with Gasteiger partial charge in [0.15, 0.2) is 0 Å². The molecule has 0 aliphatic carbocycles. The van der Waals surface area contributed by atoms with Crippen LogP contribution >= 0.6 is 0 Å². The minimum atomic E-state index is -2.67. The van der Waals surface area contributed by atoms with Crippen LogP contribution in [0.2, 0.25) is 0 Å². The third kappa shape index (κ3) is 6.49. The van der Waals surface area contributed by atoms with Crippen LogP contribution in [0, 0.1) is 11.8 Å². The van der Waals surface area contributed by atoms with E-state index in [4.69, 9.17) is 5.73 Å². The molecule has 0 aliphatic heterocycles. The topological polar surface area (TPSA) is 35.2 Å². The van der Waals surface area contributed by atoms with E-state index in [1.54, 1.807) is 0 Å². The van der Waals surface area contributed by atoms with E-state index in [-0.39, 0.29) is 12.5 Å². The molecule has 0 rings (SSSR count). The predicted octanol–water partition coefficient (Wildman–Crippen LogP) is 1.85. The van der Waals surface area contributed by atoms with Crippen molar-refractivity contribution in [2.75, 3.05) is 13.2 Å². The second-order valence-electron chi connectivity index (χ2n) is 3.33. The van der Waals surface area contributed by atoms with Crippen LogP contribution in [-0.4, -0.2) is 19.8 Å². The SMILES string of the molecule is CC(C)CC(CN)COC(F)F. The first-order chi connectivity index (χ1) is 5.56. The summed E-state index contributed by atoms with van der Waals surface area (Å²) in [7, 11) is 0. The maximum atomic E-state index is 11.6. The average Bonchev–Trinajstić information content (AvgIpc) is 1.97. The summed E-state index contributed by atoms with van der Waals surface area (Å²) < 4.78 is 27.4. The fourth-order valence-electron chi connectivity index (χ4n) is 1.11. The van der Waals surface area contributed by atoms with Gasteiger partial charge in [0.1, 0.15) is 0 Å². The molecule has 2 nitrogen and oxygen atoms in total. The van der Waals surface area contributed by atoms with Crippen LogP contribution in [-0.2, 0) is 4.74 Å². The van der Waals surface area contributed by atoms with Crippen LogP contribution in [0.5, 0.6) is 0 Å². The lowest BCUT2D eigenvalue weighted by Gasteiger charge is -2.16. The van der Waals surface area contributed by atoms with E-state index in [0.29, 0.717) is 12.5 Å². The Labute approximate surface area is 72.1 Å². The van der Waals surface area contributed by atoms with E-state index in [1.807, 2.05) is 13.8 Å². The average molecular weight is 181 g/mol. The Kier molecular flexibility index (Phi) is 6.20. The Morgan fingerprint density at radius 2 is 1.92 bits per heavy atom. The molecule has 0 fully saturated rings. The molecular formula is C8H17F2NO. The zero-order valence-corrected chi connectivity index (χ0v) is 7.59. The molecule has 12 heavy (non-hydrogen) atoms. The first kappa shape index (κ1) is 11.8. The maximum absolute atomic E-state index is 11.6. The molecule has 0 radical (unpaired) electrons. The van der Waals surface area contributed by atoms with Gasteiger partial charge in [-0.1, -0.05) is 13.8 Å². The van der Waals surface area contributed by atoms with Crippen molar-refractivity contribution in [3.63, 3.8) is 0 Å². The van der Waals surface area contributed by atoms with Gasteiger partial charge in [0.2, 0.25) is 0 Å². The summed E-state index contributed by atoms with van der Waals surface area (Å²) in [6.45, 7) is 1.86. The molecule has 4 heteroatoms. The molecule has 0 aromatic heterocycles. The molecule has 0 aromatic rings. The van der Waals surface area contributed by atoms with Gasteiger partial charge in [0, 0.05) is 0 Å². The second kappa shape index (κ2) is 6.31. The van der Waals surface area contributed by atoms with Gasteiger partial charge < -0.3 is 10.5 Å². The van der Waals surface area contributed by atoms with E-state index < -0.39 is 6.61 Å². The summed E-state index contributed by atoms with van der Waals surface area (Å²) in [5, 5.41) is 0. The molecule has 74 valence electrons. The quantitative estimate of drug-likeness (QED) is 0.678. The second-order valence-corrected chi connectivity index (χ2v) is 3.33. The summed E-state index contributed by atoms with van der Waals surface area (Å²) in [5.74, 6) is 0.527. The van der Waals surface area contributed by atoms with Crippen molar-refractivity contribution in [2.24, 2.45) is 17.6 Å². The molecule has 0 saturated heterocycles. The Hall–Kier alpha value is -0.220. The van der Waals surface area contributed by atoms with Gasteiger partial charge in [-0.15, -0.1) is 0 Å². The number of nitrogens with two attached hydrogens (primary N) is 1. The molecule has 0 amide bonds. The molecular weight excluding hydrogens is 164 g/mol. The predicted molar refractivity (Wildman–Crippen MR) is 44.0 cm³/mol. The molecule has 1 unspecified atom stereocenters. The molecule has 0 bridgehead atoms. The van der Waals surface area contributed by atoms with Gasteiger partial charge in [-0.05, 0) is 24.8 Å². The van der Waals surface area contributed by atoms with Crippen molar-refractivity contribution in [1.82, 2.24) is 0 Å². The lowest BCUT2D eigenvalue weighted by atomic mass is 9.98. The lowest BCUT2D eigenvalue weighted by Crippen LogP contribution is -2.22. The molecule has 0 aliphatic rings. The van der Waals surface area contributed by atoms with Gasteiger partial charge in [-0.2, -0.15) is 8.78 Å². The summed E-state index contributed by atoms with van der Waals surface area (Å²) in [4.78, 5) is 0. The highest BCUT2D eigenvalue weighted by Crippen LogP contribution is 2.11. The van der Waals surface area contributed by atoms with Gasteiger partial charge in [0.25, 0.3) is 0 Å². The Bertz CT molecular complexity index is 109. The van der Waals surface area contributed by atoms with Gasteiger partial charge >= 0.3 is 6.61 Å². The highest BCUT2D eigenvalue weighted by Gasteiger charge is 2.11. The lowest BCUT2D eigenvalue weighted by molar-refractivity contribution is -0.138. The van der Waals surface area contributed by atoms with Crippen molar-refractivity contribution in [2.45, 2.75) is 26.9 Å². The van der Waals surface area contributed by atoms with Gasteiger partial charge in [-0.25, -0.2) is 0 Å². The van der Waals surface area contributed by atoms with Crippen LogP contribution in [0.1, 0.15) is 20.3 Å². The van der Waals surface area contributed by atoms with Crippen LogP contribution in [0.4, 0.5) is 8.78 Å². The van der Waals surface area contributed by atoms with Crippen molar-refractivity contribution < 1.29 is 13.5 Å². The zero-order chi connectivity index (χ0) is 9.56. The normalized spacial score (nSPS) is 14.2. The van der Waals surface area contributed by atoms with Crippen LogP contribution in [0.3, 0.4) is 0 Å². The van der Waals surface area contributed by atoms with E-state index in [9.17, 15) is 8.78 Å². The van der Waals surface area contributed by atoms with Crippen LogP contribution in [0.15, 0.2) is 0 Å². The molecule has 0 heterocycles. The summed E-state index contributed by atoms with van der Waals surface area (Å²) in [5.41, 5.74) is 5.38. The van der Waals surface area contributed by atoms with Gasteiger partial charge in [0.05, 0.1) is 6.61 Å². The number of ether oxygens (including phenoxy) is 1. The Balaban J connectivity index is 3.53. The zero-order valence-electron chi connectivity index (χ0n) is 7.59. The van der Waals surface area contributed by atoms with Gasteiger partial charge in [-0.3, -0.25) is 0 Å². The Morgan fingerprint density at radius 3 is 2.25 bits per heavy atom. The summed E-state index contributed by atoms with van der Waals surface area (Å²) in [6.07, 6.45) is 0.837. The minimum Gasteiger partial charge on any atom is -0.330 e. The number of hydrogen-bond donors (Lipinski definition) is 1. The number of halogens is 2. The van der Waals surface area contributed by atoms with E-state index in [1.165, 1.54) is 0 Å². The van der Waals surface area contributed by atoms with E-state index in [2.05, 4.69) is 4.74 Å². The molecule has 2 N–H and O–H groups in total.